The zero-order valence-electron chi connectivity index (χ0n) is 20.8. The van der Waals surface area contributed by atoms with Gasteiger partial charge >= 0.3 is 0 Å². The van der Waals surface area contributed by atoms with E-state index in [4.69, 9.17) is 9.72 Å². The van der Waals surface area contributed by atoms with Crippen molar-refractivity contribution in [2.45, 2.75) is 20.8 Å². The molecule has 0 radical (unpaired) electrons. The Labute approximate surface area is 210 Å². The van der Waals surface area contributed by atoms with Gasteiger partial charge in [0.25, 0.3) is 0 Å². The van der Waals surface area contributed by atoms with Crippen molar-refractivity contribution in [3.63, 3.8) is 0 Å². The largest absolute Gasteiger partial charge is 0.497 e. The van der Waals surface area contributed by atoms with Gasteiger partial charge in [0.1, 0.15) is 12.1 Å². The molecule has 6 rings (SSSR count). The second kappa shape index (κ2) is 8.61. The van der Waals surface area contributed by atoms with E-state index in [1.165, 1.54) is 10.9 Å². The van der Waals surface area contributed by atoms with Crippen molar-refractivity contribution < 1.29 is 4.74 Å². The first-order valence-electron chi connectivity index (χ1n) is 12.0. The third-order valence-corrected chi connectivity index (χ3v) is 6.86. The fraction of sp³-hybridized carbons (Fsp3) is 0.129. The second-order valence-corrected chi connectivity index (χ2v) is 9.09. The molecule has 6 aromatic rings. The Kier molecular flexibility index (Phi) is 5.26. The molecule has 0 unspecified atom stereocenters. The summed E-state index contributed by atoms with van der Waals surface area (Å²) in [4.78, 5) is 13.9. The highest BCUT2D eigenvalue weighted by atomic mass is 16.5. The van der Waals surface area contributed by atoms with Crippen LogP contribution >= 0.6 is 0 Å². The molecule has 5 heteroatoms. The zero-order chi connectivity index (χ0) is 24.8. The zero-order valence-corrected chi connectivity index (χ0v) is 20.8. The minimum Gasteiger partial charge on any atom is -0.497 e. The van der Waals surface area contributed by atoms with Gasteiger partial charge in [0.05, 0.1) is 23.8 Å². The average Bonchev–Trinajstić information content (AvgIpc) is 3.22. The molecule has 0 bridgehead atoms. The van der Waals surface area contributed by atoms with Crippen molar-refractivity contribution >= 4 is 21.8 Å². The maximum Gasteiger partial charge on any atom is 0.163 e. The predicted octanol–water partition coefficient (Wildman–Crippen LogP) is 7.24. The predicted molar refractivity (Wildman–Crippen MR) is 146 cm³/mol. The van der Waals surface area contributed by atoms with Gasteiger partial charge in [-0.1, -0.05) is 54.6 Å². The third-order valence-electron chi connectivity index (χ3n) is 6.86. The van der Waals surface area contributed by atoms with Crippen molar-refractivity contribution in [1.29, 1.82) is 0 Å². The van der Waals surface area contributed by atoms with Crippen LogP contribution in [0.4, 0.5) is 0 Å². The summed E-state index contributed by atoms with van der Waals surface area (Å²) in [6.45, 7) is 6.47. The van der Waals surface area contributed by atoms with E-state index in [1.807, 2.05) is 36.4 Å². The standard InChI is InChI=1S/C31H26N4O/c1-19-16-20(2)29(21(3)28(19)31-33-18-32-30(34-31)22-10-6-5-7-11-22)35-26-13-9-8-12-24(26)25-17-23(36-4)14-15-27(25)35/h5-18H,1-4H3. The third kappa shape index (κ3) is 3.43. The highest BCUT2D eigenvalue weighted by Crippen LogP contribution is 2.39. The van der Waals surface area contributed by atoms with Crippen LogP contribution in [0.2, 0.25) is 0 Å². The summed E-state index contributed by atoms with van der Waals surface area (Å²) in [7, 11) is 1.71. The summed E-state index contributed by atoms with van der Waals surface area (Å²) in [5, 5.41) is 2.36. The van der Waals surface area contributed by atoms with Gasteiger partial charge in [-0.25, -0.2) is 15.0 Å². The highest BCUT2D eigenvalue weighted by molar-refractivity contribution is 6.10. The molecule has 5 nitrogen and oxygen atoms in total. The topological polar surface area (TPSA) is 52.8 Å². The number of hydrogen-bond donors (Lipinski definition) is 0. The maximum absolute atomic E-state index is 5.54. The lowest BCUT2D eigenvalue weighted by molar-refractivity contribution is 0.415. The van der Waals surface area contributed by atoms with E-state index in [2.05, 4.69) is 77.8 Å². The van der Waals surface area contributed by atoms with Gasteiger partial charge in [-0.3, -0.25) is 0 Å². The molecule has 0 saturated heterocycles. The second-order valence-electron chi connectivity index (χ2n) is 9.09. The minimum absolute atomic E-state index is 0.672. The normalized spacial score (nSPS) is 11.3. The number of methoxy groups -OCH3 is 1. The fourth-order valence-electron chi connectivity index (χ4n) is 5.33. The first-order valence-corrected chi connectivity index (χ1v) is 12.0. The number of hydrogen-bond acceptors (Lipinski definition) is 4. The van der Waals surface area contributed by atoms with Crippen LogP contribution in [0.3, 0.4) is 0 Å². The number of aryl methyl sites for hydroxylation is 2. The first-order chi connectivity index (χ1) is 17.6. The number of fused-ring (bicyclic) bond motifs is 3. The molecule has 4 aromatic carbocycles. The van der Waals surface area contributed by atoms with E-state index in [0.717, 1.165) is 50.1 Å². The Bertz CT molecular complexity index is 1750. The summed E-state index contributed by atoms with van der Waals surface area (Å²) in [6.07, 6.45) is 1.61. The van der Waals surface area contributed by atoms with Gasteiger partial charge in [0.2, 0.25) is 0 Å². The molecule has 0 N–H and O–H groups in total. The van der Waals surface area contributed by atoms with E-state index in [0.29, 0.717) is 11.6 Å². The Morgan fingerprint density at radius 2 is 1.42 bits per heavy atom. The van der Waals surface area contributed by atoms with Crippen LogP contribution in [0.5, 0.6) is 5.75 Å². The molecule has 0 atom stereocenters. The quantitative estimate of drug-likeness (QED) is 0.273. The van der Waals surface area contributed by atoms with E-state index in [-0.39, 0.29) is 0 Å². The number of benzene rings is 4. The molecule has 0 aliphatic carbocycles. The fourth-order valence-corrected chi connectivity index (χ4v) is 5.33. The molecular formula is C31H26N4O. The lowest BCUT2D eigenvalue weighted by Gasteiger charge is -2.19. The summed E-state index contributed by atoms with van der Waals surface area (Å²) >= 11 is 0. The average molecular weight is 471 g/mol. The SMILES string of the molecule is COc1ccc2c(c1)c1ccccc1n2-c1c(C)cc(C)c(-c2ncnc(-c3ccccc3)n2)c1C. The monoisotopic (exact) mass is 470 g/mol. The lowest BCUT2D eigenvalue weighted by atomic mass is 9.96. The number of aromatic nitrogens is 4. The molecule has 0 spiro atoms. The van der Waals surface area contributed by atoms with Gasteiger partial charge in [-0.2, -0.15) is 0 Å². The van der Waals surface area contributed by atoms with Crippen LogP contribution in [-0.4, -0.2) is 26.6 Å². The molecule has 0 saturated carbocycles. The van der Waals surface area contributed by atoms with Gasteiger partial charge < -0.3 is 9.30 Å². The molecule has 2 aromatic heterocycles. The molecule has 36 heavy (non-hydrogen) atoms. The van der Waals surface area contributed by atoms with Gasteiger partial charge in [-0.15, -0.1) is 0 Å². The smallest absolute Gasteiger partial charge is 0.163 e. The summed E-state index contributed by atoms with van der Waals surface area (Å²) in [6, 6.07) is 27.1. The van der Waals surface area contributed by atoms with E-state index in [1.54, 1.807) is 13.4 Å². The van der Waals surface area contributed by atoms with Crippen molar-refractivity contribution in [3.05, 3.63) is 102 Å². The van der Waals surface area contributed by atoms with Crippen molar-refractivity contribution in [2.24, 2.45) is 0 Å². The molecule has 0 amide bonds. The molecule has 0 aliphatic rings. The van der Waals surface area contributed by atoms with E-state index >= 15 is 0 Å². The van der Waals surface area contributed by atoms with Crippen molar-refractivity contribution in [1.82, 2.24) is 19.5 Å². The molecule has 2 heterocycles. The Balaban J connectivity index is 1.63. The Morgan fingerprint density at radius 1 is 0.694 bits per heavy atom. The summed E-state index contributed by atoms with van der Waals surface area (Å²) in [5.74, 6) is 2.20. The Hall–Kier alpha value is -4.51. The lowest BCUT2D eigenvalue weighted by Crippen LogP contribution is -2.05. The molecule has 176 valence electrons. The molecule has 0 aliphatic heterocycles. The van der Waals surface area contributed by atoms with Crippen LogP contribution < -0.4 is 4.74 Å². The summed E-state index contributed by atoms with van der Waals surface area (Å²) < 4.78 is 7.90. The van der Waals surface area contributed by atoms with Gasteiger partial charge in [0, 0.05) is 21.9 Å². The Morgan fingerprint density at radius 3 is 2.22 bits per heavy atom. The first kappa shape index (κ1) is 22.0. The van der Waals surface area contributed by atoms with Gasteiger partial charge in [0.15, 0.2) is 11.6 Å². The minimum atomic E-state index is 0.672. The summed E-state index contributed by atoms with van der Waals surface area (Å²) in [5.41, 5.74) is 8.92. The van der Waals surface area contributed by atoms with Crippen LogP contribution in [0.1, 0.15) is 16.7 Å². The van der Waals surface area contributed by atoms with Crippen LogP contribution in [0, 0.1) is 20.8 Å². The molecular weight excluding hydrogens is 444 g/mol. The number of ether oxygens (including phenoxy) is 1. The van der Waals surface area contributed by atoms with E-state index in [9.17, 15) is 0 Å². The highest BCUT2D eigenvalue weighted by Gasteiger charge is 2.21. The number of rotatable bonds is 4. The van der Waals surface area contributed by atoms with Crippen LogP contribution in [0.15, 0.2) is 85.2 Å². The number of para-hydroxylation sites is 1. The molecule has 0 fully saturated rings. The van der Waals surface area contributed by atoms with Crippen molar-refractivity contribution in [2.75, 3.05) is 7.11 Å². The van der Waals surface area contributed by atoms with Crippen LogP contribution in [0.25, 0.3) is 50.3 Å². The van der Waals surface area contributed by atoms with Crippen molar-refractivity contribution in [3.8, 4) is 34.2 Å². The van der Waals surface area contributed by atoms with Gasteiger partial charge in [-0.05, 0) is 61.7 Å². The maximum atomic E-state index is 5.54. The van der Waals surface area contributed by atoms with Crippen LogP contribution in [-0.2, 0) is 0 Å². The van der Waals surface area contributed by atoms with E-state index < -0.39 is 0 Å². The number of nitrogens with zero attached hydrogens (tertiary/aromatic N) is 4.